The third kappa shape index (κ3) is 3.93. The zero-order valence-corrected chi connectivity index (χ0v) is 7.49. The van der Waals surface area contributed by atoms with Gasteiger partial charge in [-0.15, -0.1) is 0 Å². The number of rotatable bonds is 3. The van der Waals surface area contributed by atoms with E-state index in [2.05, 4.69) is 4.72 Å². The molecular weight excluding hydrogens is 166 g/mol. The molecule has 0 aromatic heterocycles. The second-order valence-electron chi connectivity index (χ2n) is 2.55. The van der Waals surface area contributed by atoms with Crippen LogP contribution < -0.4 is 9.44 Å². The first-order chi connectivity index (χ1) is 4.83. The lowest BCUT2D eigenvalue weighted by Gasteiger charge is -2.16. The third-order valence-corrected chi connectivity index (χ3v) is 2.25. The second kappa shape index (κ2) is 3.17. The summed E-state index contributed by atoms with van der Waals surface area (Å²) >= 11 is 0. The van der Waals surface area contributed by atoms with Crippen molar-refractivity contribution < 1.29 is 8.42 Å². The molecule has 0 saturated heterocycles. The monoisotopic (exact) mass is 177 g/mol. The largest absolute Gasteiger partial charge is 0.278 e. The van der Waals surface area contributed by atoms with Gasteiger partial charge in [0, 0.05) is 7.05 Å². The quantitative estimate of drug-likeness (QED) is 0.600. The van der Waals surface area contributed by atoms with Gasteiger partial charge in [-0.2, -0.15) is 18.4 Å². The van der Waals surface area contributed by atoms with Gasteiger partial charge >= 0.3 is 0 Å². The van der Waals surface area contributed by atoms with E-state index in [1.54, 1.807) is 6.07 Å². The van der Waals surface area contributed by atoms with Gasteiger partial charge in [-0.25, -0.2) is 4.72 Å². The Morgan fingerprint density at radius 1 is 1.45 bits per heavy atom. The maximum atomic E-state index is 10.8. The van der Waals surface area contributed by atoms with E-state index in [0.717, 1.165) is 0 Å². The number of nitrogens with zero attached hydrogens (tertiary/aromatic N) is 1. The standard InChI is InChI=1S/C5H11N3O2S/c1-5(2,4-6)8-11(9,10)7-3/h7-8H,1-3H3. The van der Waals surface area contributed by atoms with Crippen molar-refractivity contribution in [3.63, 3.8) is 0 Å². The van der Waals surface area contributed by atoms with Crippen LogP contribution in [-0.4, -0.2) is 21.0 Å². The SMILES string of the molecule is CNS(=O)(=O)NC(C)(C)C#N. The van der Waals surface area contributed by atoms with Crippen molar-refractivity contribution >= 4 is 10.2 Å². The Labute approximate surface area is 66.6 Å². The Balaban J connectivity index is 4.42. The zero-order chi connectivity index (χ0) is 9.12. The van der Waals surface area contributed by atoms with Crippen molar-refractivity contribution in [1.29, 1.82) is 5.26 Å². The highest BCUT2D eigenvalue weighted by Crippen LogP contribution is 1.99. The summed E-state index contributed by atoms with van der Waals surface area (Å²) in [6.45, 7) is 2.95. The van der Waals surface area contributed by atoms with Crippen molar-refractivity contribution in [3.05, 3.63) is 0 Å². The predicted octanol–water partition coefficient (Wildman–Crippen LogP) is -0.658. The number of hydrogen-bond acceptors (Lipinski definition) is 3. The summed E-state index contributed by atoms with van der Waals surface area (Å²) in [5, 5.41) is 8.45. The minimum atomic E-state index is -3.51. The first-order valence-corrected chi connectivity index (χ1v) is 4.45. The minimum Gasteiger partial charge on any atom is -0.205 e. The van der Waals surface area contributed by atoms with Crippen molar-refractivity contribution in [2.45, 2.75) is 19.4 Å². The van der Waals surface area contributed by atoms with Gasteiger partial charge in [-0.05, 0) is 13.8 Å². The second-order valence-corrected chi connectivity index (χ2v) is 4.17. The Morgan fingerprint density at radius 3 is 2.18 bits per heavy atom. The molecule has 0 aromatic carbocycles. The molecule has 0 aliphatic carbocycles. The topological polar surface area (TPSA) is 82.0 Å². The van der Waals surface area contributed by atoms with E-state index in [0.29, 0.717) is 0 Å². The minimum absolute atomic E-state index is 1.07. The summed E-state index contributed by atoms with van der Waals surface area (Å²) < 4.78 is 25.8. The molecule has 0 saturated carbocycles. The molecule has 0 amide bonds. The van der Waals surface area contributed by atoms with Gasteiger partial charge in [0.05, 0.1) is 6.07 Å². The molecule has 0 bridgehead atoms. The number of nitrogens with one attached hydrogen (secondary N) is 2. The molecule has 0 rings (SSSR count). The average Bonchev–Trinajstić information content (AvgIpc) is 1.86. The van der Waals surface area contributed by atoms with E-state index in [4.69, 9.17) is 5.26 Å². The fraction of sp³-hybridized carbons (Fsp3) is 0.800. The smallest absolute Gasteiger partial charge is 0.205 e. The van der Waals surface area contributed by atoms with Gasteiger partial charge in [-0.3, -0.25) is 0 Å². The predicted molar refractivity (Wildman–Crippen MR) is 40.8 cm³/mol. The van der Waals surface area contributed by atoms with Crippen molar-refractivity contribution in [1.82, 2.24) is 9.44 Å². The van der Waals surface area contributed by atoms with Crippen molar-refractivity contribution in [3.8, 4) is 6.07 Å². The van der Waals surface area contributed by atoms with Crippen LogP contribution in [0.25, 0.3) is 0 Å². The van der Waals surface area contributed by atoms with Crippen molar-refractivity contribution in [2.75, 3.05) is 7.05 Å². The van der Waals surface area contributed by atoms with Crippen LogP contribution in [0.5, 0.6) is 0 Å². The summed E-state index contributed by atoms with van der Waals surface area (Å²) in [4.78, 5) is 0. The highest BCUT2D eigenvalue weighted by atomic mass is 32.2. The van der Waals surface area contributed by atoms with Gasteiger partial charge in [-0.1, -0.05) is 0 Å². The van der Waals surface area contributed by atoms with E-state index < -0.39 is 15.7 Å². The van der Waals surface area contributed by atoms with Crippen LogP contribution in [-0.2, 0) is 10.2 Å². The lowest BCUT2D eigenvalue weighted by atomic mass is 10.1. The molecule has 0 radical (unpaired) electrons. The van der Waals surface area contributed by atoms with E-state index in [1.165, 1.54) is 20.9 Å². The first kappa shape index (κ1) is 10.4. The van der Waals surface area contributed by atoms with E-state index in [9.17, 15) is 8.42 Å². The van der Waals surface area contributed by atoms with E-state index in [-0.39, 0.29) is 0 Å². The Kier molecular flexibility index (Phi) is 2.99. The van der Waals surface area contributed by atoms with Crippen LogP contribution >= 0.6 is 0 Å². The Hall–Kier alpha value is -0.640. The normalized spacial score (nSPS) is 12.5. The molecule has 2 N–H and O–H groups in total. The molecule has 0 atom stereocenters. The zero-order valence-electron chi connectivity index (χ0n) is 6.67. The summed E-state index contributed by atoms with van der Waals surface area (Å²) in [7, 11) is -2.24. The molecule has 5 nitrogen and oxygen atoms in total. The van der Waals surface area contributed by atoms with Crippen LogP contribution in [0.15, 0.2) is 0 Å². The molecule has 0 heterocycles. The molecule has 6 heteroatoms. The number of hydrogen-bond donors (Lipinski definition) is 2. The molecule has 0 aliphatic heterocycles. The highest BCUT2D eigenvalue weighted by molar-refractivity contribution is 7.87. The van der Waals surface area contributed by atoms with E-state index >= 15 is 0 Å². The van der Waals surface area contributed by atoms with Gasteiger partial charge in [0.1, 0.15) is 5.54 Å². The Bertz CT molecular complexity index is 262. The molecule has 0 aromatic rings. The average molecular weight is 177 g/mol. The molecule has 11 heavy (non-hydrogen) atoms. The van der Waals surface area contributed by atoms with Gasteiger partial charge < -0.3 is 0 Å². The lowest BCUT2D eigenvalue weighted by molar-refractivity contribution is 0.529. The fourth-order valence-corrected chi connectivity index (χ4v) is 1.23. The van der Waals surface area contributed by atoms with Crippen LogP contribution in [0.3, 0.4) is 0 Å². The van der Waals surface area contributed by atoms with Gasteiger partial charge in [0.15, 0.2) is 0 Å². The van der Waals surface area contributed by atoms with Crippen LogP contribution in [0, 0.1) is 11.3 Å². The van der Waals surface area contributed by atoms with Crippen molar-refractivity contribution in [2.24, 2.45) is 0 Å². The maximum Gasteiger partial charge on any atom is 0.278 e. The fourth-order valence-electron chi connectivity index (χ4n) is 0.410. The molecule has 0 fully saturated rings. The van der Waals surface area contributed by atoms with Crippen LogP contribution in [0.1, 0.15) is 13.8 Å². The lowest BCUT2D eigenvalue weighted by Crippen LogP contribution is -2.46. The third-order valence-electron chi connectivity index (χ3n) is 0.938. The summed E-state index contributed by atoms with van der Waals surface area (Å²) in [6.07, 6.45) is 0. The maximum absolute atomic E-state index is 10.8. The molecular formula is C5H11N3O2S. The van der Waals surface area contributed by atoms with Crippen LogP contribution in [0.2, 0.25) is 0 Å². The van der Waals surface area contributed by atoms with E-state index in [1.807, 2.05) is 4.72 Å². The number of nitriles is 1. The highest BCUT2D eigenvalue weighted by Gasteiger charge is 2.22. The van der Waals surface area contributed by atoms with Gasteiger partial charge in [0.25, 0.3) is 10.2 Å². The Morgan fingerprint density at radius 2 is 1.91 bits per heavy atom. The molecule has 0 spiro atoms. The van der Waals surface area contributed by atoms with Gasteiger partial charge in [0.2, 0.25) is 0 Å². The molecule has 0 aliphatic rings. The summed E-state index contributed by atoms with van der Waals surface area (Å²) in [6, 6.07) is 1.80. The van der Waals surface area contributed by atoms with Crippen LogP contribution in [0.4, 0.5) is 0 Å². The first-order valence-electron chi connectivity index (χ1n) is 2.97. The summed E-state index contributed by atoms with van der Waals surface area (Å²) in [5.41, 5.74) is -1.07. The summed E-state index contributed by atoms with van der Waals surface area (Å²) in [5.74, 6) is 0. The molecule has 0 unspecified atom stereocenters. The molecule has 64 valence electrons.